The lowest BCUT2D eigenvalue weighted by Gasteiger charge is -2.51. The van der Waals surface area contributed by atoms with Gasteiger partial charge >= 0.3 is 23.9 Å². The van der Waals surface area contributed by atoms with Gasteiger partial charge in [0.25, 0.3) is 0 Å². The van der Waals surface area contributed by atoms with Gasteiger partial charge in [0, 0.05) is 25.3 Å². The highest BCUT2D eigenvalue weighted by atomic mass is 16.8. The minimum Gasteiger partial charge on any atom is -0.457 e. The Bertz CT molecular complexity index is 2570. The average Bonchev–Trinajstić information content (AvgIpc) is 0.766. The SMILES string of the molecule is CCCCCCCCCCCC(=O)O[C@H]1[C@H](O[C@@H]2[C@@H](O)[C@H]3OC(=O)CCCCCCCCCC(CCCCC)O[C@@H]4O[C@H](C)[C@H](O)[C@H](O)[C@H]4O[C@@H]3O[C@H]2C)O[C@@H](C)[C@H](O[C@@H]2O[C@@H](C)[C@H](OC(=O)CCCCCCCCC)[C@@H](O)[C@H]2OC(=O)/C=C/c2ccccc2)[C@H]1O[C@@H]1O[C@@H](C)[C@H](O)[C@@H](O)[C@H]1O. The minimum absolute atomic E-state index is 0.0380. The second-order valence-corrected chi connectivity index (χ2v) is 29.1. The number of carbonyl (C=O) groups excluding carboxylic acids is 4. The Hall–Kier alpha value is -3.84. The molecule has 0 aromatic heterocycles. The normalized spacial score (nSPS) is 36.9. The Morgan fingerprint density at radius 1 is 0.422 bits per heavy atom. The summed E-state index contributed by atoms with van der Waals surface area (Å²) in [4.78, 5) is 56.3. The van der Waals surface area contributed by atoms with E-state index < -0.39 is 177 Å². The monoisotopic (exact) mass is 1450 g/mol. The van der Waals surface area contributed by atoms with Crippen molar-refractivity contribution in [3.8, 4) is 0 Å². The van der Waals surface area contributed by atoms with E-state index in [-0.39, 0.29) is 25.4 Å². The van der Waals surface area contributed by atoms with Crippen molar-refractivity contribution in [2.24, 2.45) is 0 Å². The number of ether oxygens (including phenoxy) is 14. The molecule has 25 nitrogen and oxygen atoms in total. The molecule has 7 rings (SSSR count). The van der Waals surface area contributed by atoms with E-state index in [1.165, 1.54) is 19.9 Å². The van der Waals surface area contributed by atoms with E-state index in [2.05, 4.69) is 20.8 Å². The summed E-state index contributed by atoms with van der Waals surface area (Å²) in [6, 6.07) is 8.91. The molecule has 0 amide bonds. The molecule has 6 heterocycles. The zero-order valence-electron chi connectivity index (χ0n) is 62.0. The molecule has 0 aliphatic carbocycles. The number of hydrogen-bond donors (Lipinski definition) is 7. The van der Waals surface area contributed by atoms with Crippen molar-refractivity contribution >= 4 is 30.0 Å². The molecular formula is C77H126O25. The zero-order valence-corrected chi connectivity index (χ0v) is 62.0. The van der Waals surface area contributed by atoms with Gasteiger partial charge in [-0.15, -0.1) is 0 Å². The second-order valence-electron chi connectivity index (χ2n) is 29.1. The van der Waals surface area contributed by atoms with E-state index in [1.807, 2.05) is 6.07 Å². The van der Waals surface area contributed by atoms with Crippen LogP contribution in [0.25, 0.3) is 6.08 Å². The highest BCUT2D eigenvalue weighted by Gasteiger charge is 2.59. The Labute approximate surface area is 604 Å². The van der Waals surface area contributed by atoms with Crippen LogP contribution in [0.2, 0.25) is 0 Å². The molecule has 7 N–H and O–H groups in total. The van der Waals surface area contributed by atoms with Crippen LogP contribution < -0.4 is 0 Å². The van der Waals surface area contributed by atoms with Gasteiger partial charge in [-0.3, -0.25) is 14.4 Å². The molecule has 6 saturated heterocycles. The quantitative estimate of drug-likeness (QED) is 0.0149. The maximum absolute atomic E-state index is 14.6. The van der Waals surface area contributed by atoms with Gasteiger partial charge in [-0.1, -0.05) is 199 Å². The van der Waals surface area contributed by atoms with Crippen LogP contribution in [0.4, 0.5) is 0 Å². The summed E-state index contributed by atoms with van der Waals surface area (Å²) < 4.78 is 90.5. The molecule has 0 spiro atoms. The lowest BCUT2D eigenvalue weighted by atomic mass is 9.95. The topological polar surface area (TPSA) is 339 Å². The third kappa shape index (κ3) is 26.2. The summed E-state index contributed by atoms with van der Waals surface area (Å²) in [6.45, 7) is 14.1. The molecule has 26 atom stereocenters. The fourth-order valence-electron chi connectivity index (χ4n) is 14.3. The molecule has 1 aromatic carbocycles. The molecule has 0 bridgehead atoms. The van der Waals surface area contributed by atoms with Crippen molar-refractivity contribution in [3.63, 3.8) is 0 Å². The van der Waals surface area contributed by atoms with E-state index in [4.69, 9.17) is 66.3 Å². The van der Waals surface area contributed by atoms with Crippen LogP contribution in [0.3, 0.4) is 0 Å². The fourth-order valence-corrected chi connectivity index (χ4v) is 14.3. The van der Waals surface area contributed by atoms with E-state index in [1.54, 1.807) is 45.0 Å². The van der Waals surface area contributed by atoms with E-state index in [0.717, 1.165) is 147 Å². The lowest BCUT2D eigenvalue weighted by Crippen LogP contribution is -2.68. The first-order valence-electron chi connectivity index (χ1n) is 39.0. The number of hydrogen-bond acceptors (Lipinski definition) is 25. The predicted molar refractivity (Wildman–Crippen MR) is 373 cm³/mol. The van der Waals surface area contributed by atoms with E-state index >= 15 is 0 Å². The van der Waals surface area contributed by atoms with Gasteiger partial charge in [0.15, 0.2) is 55.9 Å². The van der Waals surface area contributed by atoms with Gasteiger partial charge in [0.2, 0.25) is 0 Å². The molecule has 1 unspecified atom stereocenters. The summed E-state index contributed by atoms with van der Waals surface area (Å²) in [5.41, 5.74) is 0.652. The first kappa shape index (κ1) is 85.4. The molecule has 0 radical (unpaired) electrons. The van der Waals surface area contributed by atoms with Crippen molar-refractivity contribution < 1.29 is 121 Å². The van der Waals surface area contributed by atoms with Crippen molar-refractivity contribution in [2.45, 2.75) is 414 Å². The highest BCUT2D eigenvalue weighted by molar-refractivity contribution is 5.87. The van der Waals surface area contributed by atoms with Crippen molar-refractivity contribution in [3.05, 3.63) is 42.0 Å². The fraction of sp³-hybridized carbons (Fsp3) is 0.844. The molecule has 6 aliphatic heterocycles. The largest absolute Gasteiger partial charge is 0.457 e. The number of aliphatic hydroxyl groups is 7. The van der Waals surface area contributed by atoms with Crippen molar-refractivity contribution in [2.75, 3.05) is 0 Å². The maximum atomic E-state index is 14.6. The van der Waals surface area contributed by atoms with Crippen LogP contribution >= 0.6 is 0 Å². The van der Waals surface area contributed by atoms with Gasteiger partial charge in [0.05, 0.1) is 36.6 Å². The highest BCUT2D eigenvalue weighted by Crippen LogP contribution is 2.40. The summed E-state index contributed by atoms with van der Waals surface area (Å²) in [5.74, 6) is -3.02. The molecule has 6 aliphatic rings. The number of rotatable bonds is 33. The van der Waals surface area contributed by atoms with Crippen LogP contribution in [0.1, 0.15) is 260 Å². The Balaban J connectivity index is 1.24. The number of fused-ring (bicyclic) bond motifs is 2. The molecule has 102 heavy (non-hydrogen) atoms. The number of unbranched alkanes of at least 4 members (excludes halogenated alkanes) is 16. The first-order valence-corrected chi connectivity index (χ1v) is 39.0. The Morgan fingerprint density at radius 3 is 1.53 bits per heavy atom. The smallest absolute Gasteiger partial charge is 0.331 e. The van der Waals surface area contributed by atoms with Crippen LogP contribution in [0.15, 0.2) is 36.4 Å². The van der Waals surface area contributed by atoms with Crippen LogP contribution in [-0.4, -0.2) is 219 Å². The van der Waals surface area contributed by atoms with Gasteiger partial charge in [0.1, 0.15) is 67.1 Å². The van der Waals surface area contributed by atoms with Gasteiger partial charge in [-0.05, 0) is 78.4 Å². The zero-order chi connectivity index (χ0) is 73.7. The molecule has 584 valence electrons. The summed E-state index contributed by atoms with van der Waals surface area (Å²) in [5, 5.41) is 82.4. The first-order chi connectivity index (χ1) is 49.1. The van der Waals surface area contributed by atoms with E-state index in [9.17, 15) is 54.9 Å². The van der Waals surface area contributed by atoms with Gasteiger partial charge in [-0.25, -0.2) is 4.79 Å². The predicted octanol–water partition coefficient (Wildman–Crippen LogP) is 9.69. The van der Waals surface area contributed by atoms with Crippen LogP contribution in [-0.2, 0) is 85.5 Å². The summed E-state index contributed by atoms with van der Waals surface area (Å²) >= 11 is 0. The number of carbonyl (C=O) groups is 4. The van der Waals surface area contributed by atoms with E-state index in [0.29, 0.717) is 44.1 Å². The van der Waals surface area contributed by atoms with Gasteiger partial charge < -0.3 is 102 Å². The lowest BCUT2D eigenvalue weighted by molar-refractivity contribution is -0.399. The second kappa shape index (κ2) is 45.1. The van der Waals surface area contributed by atoms with Gasteiger partial charge in [-0.2, -0.15) is 0 Å². The van der Waals surface area contributed by atoms with Crippen LogP contribution in [0.5, 0.6) is 0 Å². The maximum Gasteiger partial charge on any atom is 0.331 e. The average molecular weight is 1450 g/mol. The summed E-state index contributed by atoms with van der Waals surface area (Å²) in [7, 11) is 0. The Morgan fingerprint density at radius 2 is 0.902 bits per heavy atom. The number of benzene rings is 1. The third-order valence-electron chi connectivity index (χ3n) is 20.6. The molecule has 6 fully saturated rings. The van der Waals surface area contributed by atoms with Crippen LogP contribution in [0, 0.1) is 0 Å². The number of aliphatic hydroxyl groups excluding tert-OH is 7. The number of esters is 4. The van der Waals surface area contributed by atoms with Crippen molar-refractivity contribution in [1.82, 2.24) is 0 Å². The standard InChI is InChI=1S/C77H126O25/c1-9-12-15-17-19-20-24-28-37-44-56(80)98-72-71(102-73-62(86)60(84)58(82)47(4)89-73)67(100-75-69(97-57(81)46-45-52-38-32-30-33-39-52)63(87)65(49(6)91-75)95-54(78)42-35-27-22-18-16-13-10-2)51(8)93-77(72)99-66-50(7)92-76-70(64(66)88)96-55(79)43-36-29-25-21-23-26-34-41-53(40-31-14-11-3)94-74-68(101-76)61(85)59(83)48(5)90-74/h30,32-33,38-39,45-51,53,58-77,82-88H,9-29,31,34-37,40-44H2,1-8H3/b46-45+/t47-,48+,49-,50-,51-,53?,58-,59-,60+,61-,62+,63+,64+,65-,66-,67-,68+,69+,70+,71+,72+,73-,74-,75-,76-,77-/m0/s1. The Kier molecular flexibility index (Phi) is 37.8. The summed E-state index contributed by atoms with van der Waals surface area (Å²) in [6.07, 6.45) is -11.4. The van der Waals surface area contributed by atoms with Crippen molar-refractivity contribution in [1.29, 1.82) is 0 Å². The minimum atomic E-state index is -1.95. The molecule has 1 aromatic rings. The third-order valence-corrected chi connectivity index (χ3v) is 20.6. The molecule has 25 heteroatoms. The molecule has 0 saturated carbocycles. The molecular weight excluding hydrogens is 1320 g/mol.